The van der Waals surface area contributed by atoms with Crippen LogP contribution in [-0.2, 0) is 4.74 Å². The van der Waals surface area contributed by atoms with Crippen LogP contribution < -0.4 is 5.32 Å². The molecule has 1 atom stereocenters. The molecule has 3 aromatic rings. The van der Waals surface area contributed by atoms with Gasteiger partial charge in [-0.05, 0) is 25.0 Å². The summed E-state index contributed by atoms with van der Waals surface area (Å²) >= 11 is 1.24. The van der Waals surface area contributed by atoms with Gasteiger partial charge in [-0.25, -0.2) is 4.98 Å². The average Bonchev–Trinajstić information content (AvgIpc) is 3.41. The number of nitrogens with one attached hydrogen (secondary N) is 1. The summed E-state index contributed by atoms with van der Waals surface area (Å²) in [6, 6.07) is 3.58. The molecule has 3 aromatic heterocycles. The van der Waals surface area contributed by atoms with E-state index in [1.807, 2.05) is 0 Å². The maximum atomic E-state index is 12.2. The van der Waals surface area contributed by atoms with Crippen LogP contribution >= 0.6 is 11.3 Å². The molecule has 4 heterocycles. The van der Waals surface area contributed by atoms with Crippen molar-refractivity contribution in [2.75, 3.05) is 13.2 Å². The van der Waals surface area contributed by atoms with Gasteiger partial charge in [0, 0.05) is 36.5 Å². The van der Waals surface area contributed by atoms with Gasteiger partial charge in [-0.15, -0.1) is 11.3 Å². The van der Waals surface area contributed by atoms with E-state index in [1.165, 1.54) is 11.3 Å². The fourth-order valence-electron chi connectivity index (χ4n) is 2.51. The fraction of sp³-hybridized carbons (Fsp3) is 0.312. The number of carbonyl (C=O) groups excluding carboxylic acids is 1. The van der Waals surface area contributed by atoms with E-state index in [0.717, 1.165) is 25.0 Å². The van der Waals surface area contributed by atoms with Gasteiger partial charge in [-0.1, -0.05) is 5.16 Å². The van der Waals surface area contributed by atoms with Gasteiger partial charge in [0.2, 0.25) is 5.82 Å². The second-order valence-electron chi connectivity index (χ2n) is 5.54. The first-order valence-corrected chi connectivity index (χ1v) is 8.77. The Balaban J connectivity index is 1.44. The number of rotatable bonds is 5. The van der Waals surface area contributed by atoms with Crippen molar-refractivity contribution >= 4 is 17.2 Å². The van der Waals surface area contributed by atoms with E-state index in [2.05, 4.69) is 25.4 Å². The normalized spacial score (nSPS) is 16.9. The molecule has 0 unspecified atom stereocenters. The highest BCUT2D eigenvalue weighted by Gasteiger charge is 2.20. The van der Waals surface area contributed by atoms with Gasteiger partial charge in [0.05, 0.1) is 6.10 Å². The Hall–Kier alpha value is -2.65. The molecule has 1 fully saturated rings. The Morgan fingerprint density at radius 2 is 2.20 bits per heavy atom. The molecule has 0 bridgehead atoms. The van der Waals surface area contributed by atoms with E-state index in [9.17, 15) is 4.79 Å². The number of amides is 1. The van der Waals surface area contributed by atoms with Gasteiger partial charge in [-0.3, -0.25) is 9.78 Å². The van der Waals surface area contributed by atoms with Crippen molar-refractivity contribution in [3.63, 3.8) is 0 Å². The lowest BCUT2D eigenvalue weighted by Gasteiger charge is -2.09. The van der Waals surface area contributed by atoms with Gasteiger partial charge in [-0.2, -0.15) is 4.98 Å². The Kier molecular flexibility index (Phi) is 4.49. The van der Waals surface area contributed by atoms with E-state index >= 15 is 0 Å². The third kappa shape index (κ3) is 3.57. The van der Waals surface area contributed by atoms with Crippen molar-refractivity contribution in [3.8, 4) is 23.0 Å². The van der Waals surface area contributed by atoms with Crippen LogP contribution in [0.2, 0.25) is 0 Å². The molecule has 1 aliphatic heterocycles. The monoisotopic (exact) mass is 357 g/mol. The number of carbonyl (C=O) groups is 1. The van der Waals surface area contributed by atoms with Crippen LogP contribution in [-0.4, -0.2) is 45.3 Å². The molecule has 0 radical (unpaired) electrons. The van der Waals surface area contributed by atoms with E-state index in [1.54, 1.807) is 29.9 Å². The standard InChI is InChI=1S/C16H15N5O3S/c22-14(18-8-11-2-1-7-23-11)16-19-12(9-25-16)15-20-13(21-24-15)10-3-5-17-6-4-10/h3-6,9,11H,1-2,7-8H2,(H,18,22)/t11-/m1/s1. The van der Waals surface area contributed by atoms with E-state index < -0.39 is 0 Å². The van der Waals surface area contributed by atoms with Crippen LogP contribution in [0.5, 0.6) is 0 Å². The zero-order chi connectivity index (χ0) is 17.1. The summed E-state index contributed by atoms with van der Waals surface area (Å²) in [6.07, 6.45) is 5.43. The summed E-state index contributed by atoms with van der Waals surface area (Å²) in [5.74, 6) is 0.511. The molecule has 1 aliphatic rings. The molecule has 1 amide bonds. The lowest BCUT2D eigenvalue weighted by molar-refractivity contribution is 0.0857. The number of ether oxygens (including phenoxy) is 1. The van der Waals surface area contributed by atoms with Crippen molar-refractivity contribution in [2.45, 2.75) is 18.9 Å². The van der Waals surface area contributed by atoms with Crippen LogP contribution in [0.25, 0.3) is 23.0 Å². The van der Waals surface area contributed by atoms with Crippen molar-refractivity contribution < 1.29 is 14.1 Å². The molecule has 0 aliphatic carbocycles. The first-order valence-electron chi connectivity index (χ1n) is 7.89. The second kappa shape index (κ2) is 7.08. The zero-order valence-electron chi connectivity index (χ0n) is 13.2. The molecule has 9 heteroatoms. The average molecular weight is 357 g/mol. The van der Waals surface area contributed by atoms with Crippen molar-refractivity contribution in [1.29, 1.82) is 0 Å². The van der Waals surface area contributed by atoms with Gasteiger partial charge < -0.3 is 14.6 Å². The van der Waals surface area contributed by atoms with Crippen molar-refractivity contribution in [2.24, 2.45) is 0 Å². The Morgan fingerprint density at radius 3 is 3.00 bits per heavy atom. The first kappa shape index (κ1) is 15.9. The molecular weight excluding hydrogens is 342 g/mol. The number of pyridine rings is 1. The van der Waals surface area contributed by atoms with Crippen LogP contribution in [0.4, 0.5) is 0 Å². The van der Waals surface area contributed by atoms with Gasteiger partial charge in [0.25, 0.3) is 11.8 Å². The number of thiazole rings is 1. The van der Waals surface area contributed by atoms with Crippen LogP contribution in [0.1, 0.15) is 22.6 Å². The molecule has 1 saturated heterocycles. The number of aromatic nitrogens is 4. The van der Waals surface area contributed by atoms with E-state index in [4.69, 9.17) is 9.26 Å². The molecular formula is C16H15N5O3S. The zero-order valence-corrected chi connectivity index (χ0v) is 14.0. The molecule has 1 N–H and O–H groups in total. The summed E-state index contributed by atoms with van der Waals surface area (Å²) in [7, 11) is 0. The highest BCUT2D eigenvalue weighted by molar-refractivity contribution is 7.12. The van der Waals surface area contributed by atoms with Crippen molar-refractivity contribution in [3.05, 3.63) is 34.9 Å². The van der Waals surface area contributed by atoms with Crippen LogP contribution in [0, 0.1) is 0 Å². The molecule has 8 nitrogen and oxygen atoms in total. The topological polar surface area (TPSA) is 103 Å². The molecule has 0 aromatic carbocycles. The minimum absolute atomic E-state index is 0.0993. The Morgan fingerprint density at radius 1 is 1.32 bits per heavy atom. The highest BCUT2D eigenvalue weighted by Crippen LogP contribution is 2.23. The summed E-state index contributed by atoms with van der Waals surface area (Å²) in [6.45, 7) is 1.26. The summed E-state index contributed by atoms with van der Waals surface area (Å²) in [5, 5.41) is 8.87. The SMILES string of the molecule is O=C(NC[C@H]1CCCO1)c1nc(-c2nc(-c3ccncc3)no2)cs1. The molecule has 0 saturated carbocycles. The quantitative estimate of drug-likeness (QED) is 0.746. The minimum atomic E-state index is -0.222. The third-order valence-electron chi connectivity index (χ3n) is 3.80. The Bertz CT molecular complexity index is 858. The predicted octanol–water partition coefficient (Wildman–Crippen LogP) is 2.16. The first-order chi connectivity index (χ1) is 12.3. The van der Waals surface area contributed by atoms with Crippen molar-refractivity contribution in [1.82, 2.24) is 25.4 Å². The largest absolute Gasteiger partial charge is 0.376 e. The van der Waals surface area contributed by atoms with Crippen LogP contribution in [0.3, 0.4) is 0 Å². The molecule has 0 spiro atoms. The molecule has 128 valence electrons. The third-order valence-corrected chi connectivity index (χ3v) is 4.64. The number of hydrogen-bond donors (Lipinski definition) is 1. The van der Waals surface area contributed by atoms with Gasteiger partial charge in [0.15, 0.2) is 5.01 Å². The summed E-state index contributed by atoms with van der Waals surface area (Å²) < 4.78 is 10.7. The summed E-state index contributed by atoms with van der Waals surface area (Å²) in [4.78, 5) is 24.7. The predicted molar refractivity (Wildman–Crippen MR) is 89.9 cm³/mol. The Labute approximate surface area is 147 Å². The lowest BCUT2D eigenvalue weighted by Crippen LogP contribution is -2.31. The number of hydrogen-bond acceptors (Lipinski definition) is 8. The van der Waals surface area contributed by atoms with Gasteiger partial charge in [0.1, 0.15) is 5.69 Å². The fourth-order valence-corrected chi connectivity index (χ4v) is 3.22. The highest BCUT2D eigenvalue weighted by atomic mass is 32.1. The van der Waals surface area contributed by atoms with E-state index in [-0.39, 0.29) is 17.9 Å². The maximum Gasteiger partial charge on any atom is 0.280 e. The summed E-state index contributed by atoms with van der Waals surface area (Å²) in [5.41, 5.74) is 1.29. The smallest absolute Gasteiger partial charge is 0.280 e. The lowest BCUT2D eigenvalue weighted by atomic mass is 10.2. The van der Waals surface area contributed by atoms with Crippen LogP contribution in [0.15, 0.2) is 34.4 Å². The molecule has 25 heavy (non-hydrogen) atoms. The second-order valence-corrected chi connectivity index (χ2v) is 6.40. The van der Waals surface area contributed by atoms with Gasteiger partial charge >= 0.3 is 0 Å². The number of nitrogens with zero attached hydrogens (tertiary/aromatic N) is 4. The minimum Gasteiger partial charge on any atom is -0.376 e. The van der Waals surface area contributed by atoms with E-state index in [0.29, 0.717) is 23.1 Å². The molecule has 4 rings (SSSR count). The maximum absolute atomic E-state index is 12.2.